The molecule has 1 unspecified atom stereocenters. The van der Waals surface area contributed by atoms with Gasteiger partial charge in [0.05, 0.1) is 19.1 Å². The van der Waals surface area contributed by atoms with E-state index in [4.69, 9.17) is 10.5 Å². The van der Waals surface area contributed by atoms with E-state index in [0.29, 0.717) is 49.5 Å². The average Bonchev–Trinajstić information content (AvgIpc) is 3.30. The quantitative estimate of drug-likeness (QED) is 0.735. The zero-order valence-electron chi connectivity index (χ0n) is 17.5. The number of amides is 1. The van der Waals surface area contributed by atoms with Crippen molar-refractivity contribution >= 4 is 27.3 Å². The second kappa shape index (κ2) is 9.65. The highest BCUT2D eigenvalue weighted by atomic mass is 32.2. The van der Waals surface area contributed by atoms with E-state index in [1.54, 1.807) is 16.4 Å². The first-order valence-electron chi connectivity index (χ1n) is 11.1. The van der Waals surface area contributed by atoms with Crippen LogP contribution in [0.4, 0.5) is 0 Å². The van der Waals surface area contributed by atoms with Crippen molar-refractivity contribution in [2.45, 2.75) is 49.3 Å². The number of morpholine rings is 1. The third-order valence-electron chi connectivity index (χ3n) is 6.87. The van der Waals surface area contributed by atoms with Crippen LogP contribution in [-0.2, 0) is 26.1 Å². The summed E-state index contributed by atoms with van der Waals surface area (Å²) in [5, 5.41) is 0. The van der Waals surface area contributed by atoms with Crippen molar-refractivity contribution in [2.75, 3.05) is 39.4 Å². The number of nitrogens with two attached hydrogens (primary N) is 1. The van der Waals surface area contributed by atoms with Crippen LogP contribution in [0.3, 0.4) is 0 Å². The summed E-state index contributed by atoms with van der Waals surface area (Å²) >= 11 is 1.24. The summed E-state index contributed by atoms with van der Waals surface area (Å²) in [6.07, 6.45) is 6.77. The molecule has 1 aromatic heterocycles. The molecule has 30 heavy (non-hydrogen) atoms. The first-order valence-corrected chi connectivity index (χ1v) is 13.4. The van der Waals surface area contributed by atoms with E-state index in [2.05, 4.69) is 0 Å². The van der Waals surface area contributed by atoms with Gasteiger partial charge >= 0.3 is 0 Å². The summed E-state index contributed by atoms with van der Waals surface area (Å²) in [5.41, 5.74) is 5.69. The van der Waals surface area contributed by atoms with Gasteiger partial charge in [0.1, 0.15) is 4.21 Å². The Morgan fingerprint density at radius 2 is 1.83 bits per heavy atom. The number of piperidine rings is 1. The highest BCUT2D eigenvalue weighted by Crippen LogP contribution is 2.39. The lowest BCUT2D eigenvalue weighted by Crippen LogP contribution is -2.52. The van der Waals surface area contributed by atoms with Crippen molar-refractivity contribution < 1.29 is 17.9 Å². The predicted octanol–water partition coefficient (Wildman–Crippen LogP) is 2.27. The third-order valence-corrected chi connectivity index (χ3v) is 10.3. The fourth-order valence-corrected chi connectivity index (χ4v) is 8.13. The number of thiophene rings is 1. The van der Waals surface area contributed by atoms with Gasteiger partial charge in [0, 0.05) is 37.6 Å². The lowest BCUT2D eigenvalue weighted by molar-refractivity contribution is -0.141. The summed E-state index contributed by atoms with van der Waals surface area (Å²) in [5.74, 6) is 0.581. The van der Waals surface area contributed by atoms with Gasteiger partial charge in [-0.25, -0.2) is 8.42 Å². The normalized spacial score (nSPS) is 27.3. The number of hydrogen-bond donors (Lipinski definition) is 1. The van der Waals surface area contributed by atoms with Crippen molar-refractivity contribution in [3.05, 3.63) is 17.0 Å². The number of ether oxygens (including phenoxy) is 1. The molecule has 1 amide bonds. The second-order valence-corrected chi connectivity index (χ2v) is 12.1. The number of rotatable bonds is 5. The molecule has 7 nitrogen and oxygen atoms in total. The Labute approximate surface area is 183 Å². The molecular weight excluding hydrogens is 422 g/mol. The van der Waals surface area contributed by atoms with E-state index in [-0.39, 0.29) is 24.3 Å². The van der Waals surface area contributed by atoms with Gasteiger partial charge in [-0.2, -0.15) is 4.31 Å². The van der Waals surface area contributed by atoms with Gasteiger partial charge in [0.2, 0.25) is 5.91 Å². The Bertz CT molecular complexity index is 829. The van der Waals surface area contributed by atoms with Crippen molar-refractivity contribution in [3.8, 4) is 0 Å². The smallest absolute Gasteiger partial charge is 0.252 e. The molecule has 0 bridgehead atoms. The monoisotopic (exact) mass is 455 g/mol. The molecule has 2 aliphatic heterocycles. The van der Waals surface area contributed by atoms with E-state index in [0.717, 1.165) is 24.1 Å². The Morgan fingerprint density at radius 3 is 2.50 bits per heavy atom. The zero-order valence-corrected chi connectivity index (χ0v) is 19.1. The lowest BCUT2D eigenvalue weighted by Gasteiger charge is -2.42. The zero-order chi connectivity index (χ0) is 21.1. The van der Waals surface area contributed by atoms with Gasteiger partial charge in [0.15, 0.2) is 0 Å². The molecule has 0 radical (unpaired) electrons. The number of sulfonamides is 1. The maximum absolute atomic E-state index is 13.4. The van der Waals surface area contributed by atoms with Crippen LogP contribution in [0.25, 0.3) is 0 Å². The third kappa shape index (κ3) is 4.75. The SMILES string of the molecule is NCc1ccc(S(=O)(=O)N2CC(C3CCCCC3)C[C@H](C(=O)N3CCOCC3)C2)s1. The average molecular weight is 456 g/mol. The van der Waals surface area contributed by atoms with E-state index in [9.17, 15) is 13.2 Å². The Balaban J connectivity index is 1.57. The van der Waals surface area contributed by atoms with Crippen LogP contribution in [0.1, 0.15) is 43.4 Å². The van der Waals surface area contributed by atoms with Gasteiger partial charge < -0.3 is 15.4 Å². The minimum absolute atomic E-state index is 0.0906. The molecule has 3 aliphatic rings. The molecule has 0 aromatic carbocycles. The first-order chi connectivity index (χ1) is 14.5. The number of carbonyl (C=O) groups excluding carboxylic acids is 1. The summed E-state index contributed by atoms with van der Waals surface area (Å²) in [7, 11) is -3.62. The van der Waals surface area contributed by atoms with E-state index in [1.807, 2.05) is 4.90 Å². The van der Waals surface area contributed by atoms with Crippen LogP contribution in [0.2, 0.25) is 0 Å². The molecule has 1 aromatic rings. The largest absolute Gasteiger partial charge is 0.378 e. The standard InChI is InChI=1S/C21H33N3O4S2/c22-13-19-6-7-20(29-19)30(26,27)24-14-17(16-4-2-1-3-5-16)12-18(15-24)21(25)23-8-10-28-11-9-23/h6-7,16-18H,1-5,8-15,22H2/t17?,18-/m0/s1. The molecule has 4 rings (SSSR count). The van der Waals surface area contributed by atoms with Gasteiger partial charge in [-0.15, -0.1) is 11.3 Å². The Morgan fingerprint density at radius 1 is 1.10 bits per heavy atom. The number of carbonyl (C=O) groups is 1. The molecule has 2 N–H and O–H groups in total. The molecule has 2 atom stereocenters. The fourth-order valence-electron chi connectivity index (χ4n) is 5.19. The van der Waals surface area contributed by atoms with Gasteiger partial charge in [-0.1, -0.05) is 32.1 Å². The topological polar surface area (TPSA) is 92.9 Å². The molecule has 9 heteroatoms. The van der Waals surface area contributed by atoms with E-state index >= 15 is 0 Å². The van der Waals surface area contributed by atoms with Gasteiger partial charge in [-0.3, -0.25) is 4.79 Å². The van der Waals surface area contributed by atoms with Crippen molar-refractivity contribution in [1.82, 2.24) is 9.21 Å². The number of hydrogen-bond acceptors (Lipinski definition) is 6. The molecule has 3 fully saturated rings. The highest BCUT2D eigenvalue weighted by Gasteiger charge is 2.42. The highest BCUT2D eigenvalue weighted by molar-refractivity contribution is 7.91. The fraction of sp³-hybridized carbons (Fsp3) is 0.762. The van der Waals surface area contributed by atoms with Crippen LogP contribution < -0.4 is 5.73 Å². The summed E-state index contributed by atoms with van der Waals surface area (Å²) in [4.78, 5) is 16.0. The lowest BCUT2D eigenvalue weighted by atomic mass is 9.74. The van der Waals surface area contributed by atoms with Crippen LogP contribution in [0.15, 0.2) is 16.3 Å². The molecule has 0 spiro atoms. The predicted molar refractivity (Wildman–Crippen MR) is 117 cm³/mol. The maximum Gasteiger partial charge on any atom is 0.252 e. The minimum Gasteiger partial charge on any atom is -0.378 e. The van der Waals surface area contributed by atoms with Crippen LogP contribution in [-0.4, -0.2) is 62.9 Å². The van der Waals surface area contributed by atoms with Crippen molar-refractivity contribution in [2.24, 2.45) is 23.5 Å². The maximum atomic E-state index is 13.4. The molecule has 168 valence electrons. The summed E-state index contributed by atoms with van der Waals surface area (Å²) in [6, 6.07) is 3.45. The Kier molecular flexibility index (Phi) is 7.14. The molecule has 1 saturated carbocycles. The summed E-state index contributed by atoms with van der Waals surface area (Å²) < 4.78 is 34.2. The van der Waals surface area contributed by atoms with E-state index in [1.165, 1.54) is 30.6 Å². The second-order valence-electron chi connectivity index (χ2n) is 8.78. The molecule has 1 aliphatic carbocycles. The van der Waals surface area contributed by atoms with Crippen LogP contribution >= 0.6 is 11.3 Å². The van der Waals surface area contributed by atoms with Crippen LogP contribution in [0.5, 0.6) is 0 Å². The molecular formula is C21H33N3O4S2. The number of nitrogens with zero attached hydrogens (tertiary/aromatic N) is 2. The van der Waals surface area contributed by atoms with Crippen molar-refractivity contribution in [3.63, 3.8) is 0 Å². The van der Waals surface area contributed by atoms with Gasteiger partial charge in [0.25, 0.3) is 10.0 Å². The van der Waals surface area contributed by atoms with Crippen LogP contribution in [0, 0.1) is 17.8 Å². The van der Waals surface area contributed by atoms with Crippen molar-refractivity contribution in [1.29, 1.82) is 0 Å². The van der Waals surface area contributed by atoms with E-state index < -0.39 is 10.0 Å². The molecule has 2 saturated heterocycles. The first kappa shape index (κ1) is 22.2. The summed E-state index contributed by atoms with van der Waals surface area (Å²) in [6.45, 7) is 3.45. The molecule has 3 heterocycles. The Hall–Kier alpha value is -1.00. The minimum atomic E-state index is -3.62. The van der Waals surface area contributed by atoms with Gasteiger partial charge in [-0.05, 0) is 30.4 Å².